The second-order valence-electron chi connectivity index (χ2n) is 7.87. The molecule has 3 aromatic rings. The van der Waals surface area contributed by atoms with Crippen molar-refractivity contribution in [3.05, 3.63) is 77.5 Å². The van der Waals surface area contributed by atoms with Crippen molar-refractivity contribution in [1.82, 2.24) is 9.47 Å². The summed E-state index contributed by atoms with van der Waals surface area (Å²) >= 11 is 1.37. The molecule has 7 nitrogen and oxygen atoms in total. The average Bonchev–Trinajstić information content (AvgIpc) is 3.43. The summed E-state index contributed by atoms with van der Waals surface area (Å²) in [5, 5.41) is 0.631. The number of benzene rings is 2. The van der Waals surface area contributed by atoms with Crippen LogP contribution in [0.5, 0.6) is 5.75 Å². The van der Waals surface area contributed by atoms with Crippen LogP contribution in [0.1, 0.15) is 5.69 Å². The van der Waals surface area contributed by atoms with Crippen molar-refractivity contribution in [3.8, 4) is 11.4 Å². The highest BCUT2D eigenvalue weighted by Gasteiger charge is 2.33. The van der Waals surface area contributed by atoms with Crippen LogP contribution in [0, 0.1) is 0 Å². The molecule has 1 saturated heterocycles. The zero-order valence-electron chi connectivity index (χ0n) is 19.8. The fraction of sp³-hybridized carbons (Fsp3) is 0.231. The molecule has 176 valence electrons. The molecule has 8 heteroatoms. The van der Waals surface area contributed by atoms with Crippen molar-refractivity contribution >= 4 is 40.3 Å². The highest BCUT2D eigenvalue weighted by atomic mass is 32.2. The van der Waals surface area contributed by atoms with Crippen LogP contribution in [0.4, 0.5) is 11.4 Å². The number of rotatable bonds is 8. The summed E-state index contributed by atoms with van der Waals surface area (Å²) in [5.41, 5.74) is 3.83. The van der Waals surface area contributed by atoms with Gasteiger partial charge in [0.2, 0.25) is 0 Å². The number of aromatic nitrogens is 1. The third-order valence-corrected chi connectivity index (χ3v) is 6.41. The van der Waals surface area contributed by atoms with Crippen LogP contribution in [0.25, 0.3) is 11.8 Å². The summed E-state index contributed by atoms with van der Waals surface area (Å²) in [7, 11) is 7.29. The zero-order chi connectivity index (χ0) is 24.1. The van der Waals surface area contributed by atoms with E-state index in [1.165, 1.54) is 11.8 Å². The molecule has 1 aliphatic rings. The SMILES string of the molecule is COCCN1C(=O)/C(=C/c2cccn2-c2ccc(N(C)C)cc2)SC1=Nc1ccc(OC)cc1. The number of aliphatic imine (C=N–C) groups is 1. The third kappa shape index (κ3) is 5.18. The number of hydrogen-bond acceptors (Lipinski definition) is 6. The van der Waals surface area contributed by atoms with Crippen LogP contribution in [-0.2, 0) is 9.53 Å². The molecule has 1 amide bonds. The Labute approximate surface area is 204 Å². The molecule has 0 N–H and O–H groups in total. The van der Waals surface area contributed by atoms with E-state index in [1.54, 1.807) is 19.1 Å². The number of anilines is 1. The van der Waals surface area contributed by atoms with Gasteiger partial charge in [-0.1, -0.05) is 0 Å². The van der Waals surface area contributed by atoms with E-state index < -0.39 is 0 Å². The van der Waals surface area contributed by atoms with E-state index in [4.69, 9.17) is 14.5 Å². The summed E-state index contributed by atoms with van der Waals surface area (Å²) in [5.74, 6) is 0.681. The largest absolute Gasteiger partial charge is 0.497 e. The quantitative estimate of drug-likeness (QED) is 0.437. The standard InChI is InChI=1S/C26H28N4O3S/c1-28(2)20-9-11-21(12-10-20)29-15-5-6-22(29)18-24-25(31)30(16-17-32-3)26(34-24)27-19-7-13-23(33-4)14-8-19/h5-15,18H,16-17H2,1-4H3/b24-18-,27-26?. The second-order valence-corrected chi connectivity index (χ2v) is 8.88. The lowest BCUT2D eigenvalue weighted by Gasteiger charge is -2.15. The molecular weight excluding hydrogens is 448 g/mol. The van der Waals surface area contributed by atoms with Crippen molar-refractivity contribution in [2.24, 2.45) is 4.99 Å². The Morgan fingerprint density at radius 3 is 2.41 bits per heavy atom. The number of ether oxygens (including phenoxy) is 2. The monoisotopic (exact) mass is 476 g/mol. The van der Waals surface area contributed by atoms with Gasteiger partial charge in [0.25, 0.3) is 5.91 Å². The summed E-state index contributed by atoms with van der Waals surface area (Å²) in [6.07, 6.45) is 3.92. The number of carbonyl (C=O) groups is 1. The lowest BCUT2D eigenvalue weighted by atomic mass is 10.2. The van der Waals surface area contributed by atoms with Gasteiger partial charge in [-0.3, -0.25) is 9.69 Å². The molecule has 0 unspecified atom stereocenters. The maximum Gasteiger partial charge on any atom is 0.266 e. The molecular formula is C26H28N4O3S. The molecule has 0 saturated carbocycles. The number of nitrogens with zero attached hydrogens (tertiary/aromatic N) is 4. The van der Waals surface area contributed by atoms with Crippen LogP contribution in [0.15, 0.2) is 76.8 Å². The Morgan fingerprint density at radius 2 is 1.76 bits per heavy atom. The molecule has 2 heterocycles. The molecule has 1 fully saturated rings. The number of carbonyl (C=O) groups excluding carboxylic acids is 1. The summed E-state index contributed by atoms with van der Waals surface area (Å²) < 4.78 is 12.5. The van der Waals surface area contributed by atoms with Crippen molar-refractivity contribution in [3.63, 3.8) is 0 Å². The Balaban J connectivity index is 1.64. The van der Waals surface area contributed by atoms with Gasteiger partial charge in [-0.2, -0.15) is 0 Å². The first-order chi connectivity index (χ1) is 16.5. The van der Waals surface area contributed by atoms with E-state index in [1.807, 2.05) is 62.8 Å². The summed E-state index contributed by atoms with van der Waals surface area (Å²) in [4.78, 5) is 22.4. The van der Waals surface area contributed by atoms with Crippen molar-refractivity contribution < 1.29 is 14.3 Å². The molecule has 34 heavy (non-hydrogen) atoms. The predicted molar refractivity (Wildman–Crippen MR) is 139 cm³/mol. The smallest absolute Gasteiger partial charge is 0.266 e. The molecule has 0 aliphatic carbocycles. The van der Waals surface area contributed by atoms with E-state index in [-0.39, 0.29) is 5.91 Å². The fourth-order valence-electron chi connectivity index (χ4n) is 3.53. The van der Waals surface area contributed by atoms with E-state index in [2.05, 4.69) is 33.7 Å². The fourth-order valence-corrected chi connectivity index (χ4v) is 4.54. The van der Waals surface area contributed by atoms with Gasteiger partial charge in [0.1, 0.15) is 5.75 Å². The van der Waals surface area contributed by atoms with E-state index in [0.717, 1.165) is 28.5 Å². The minimum atomic E-state index is -0.0787. The van der Waals surface area contributed by atoms with Crippen LogP contribution < -0.4 is 9.64 Å². The van der Waals surface area contributed by atoms with E-state index >= 15 is 0 Å². The van der Waals surface area contributed by atoms with E-state index in [9.17, 15) is 4.79 Å². The first kappa shape index (κ1) is 23.7. The Bertz CT molecular complexity index is 1200. The molecule has 1 aromatic heterocycles. The molecule has 0 radical (unpaired) electrons. The Hall–Kier alpha value is -3.49. The van der Waals surface area contributed by atoms with Crippen LogP contribution in [-0.4, -0.2) is 62.0 Å². The minimum Gasteiger partial charge on any atom is -0.497 e. The maximum atomic E-state index is 13.3. The average molecular weight is 477 g/mol. The molecule has 0 spiro atoms. The zero-order valence-corrected chi connectivity index (χ0v) is 20.6. The highest BCUT2D eigenvalue weighted by molar-refractivity contribution is 8.18. The van der Waals surface area contributed by atoms with Gasteiger partial charge in [-0.25, -0.2) is 4.99 Å². The Kier molecular flexibility index (Phi) is 7.40. The van der Waals surface area contributed by atoms with Gasteiger partial charge < -0.3 is 18.9 Å². The highest BCUT2D eigenvalue weighted by Crippen LogP contribution is 2.34. The lowest BCUT2D eigenvalue weighted by molar-refractivity contribution is -0.122. The van der Waals surface area contributed by atoms with Gasteiger partial charge in [-0.05, 0) is 78.5 Å². The van der Waals surface area contributed by atoms with Crippen molar-refractivity contribution in [1.29, 1.82) is 0 Å². The normalized spacial score (nSPS) is 16.0. The summed E-state index contributed by atoms with van der Waals surface area (Å²) in [6, 6.07) is 19.7. The van der Waals surface area contributed by atoms with Gasteiger partial charge >= 0.3 is 0 Å². The second kappa shape index (κ2) is 10.6. The van der Waals surface area contributed by atoms with Gasteiger partial charge in [0, 0.05) is 44.5 Å². The predicted octanol–water partition coefficient (Wildman–Crippen LogP) is 4.80. The number of thioether (sulfide) groups is 1. The van der Waals surface area contributed by atoms with Crippen LogP contribution in [0.3, 0.4) is 0 Å². The first-order valence-electron chi connectivity index (χ1n) is 10.9. The Morgan fingerprint density at radius 1 is 1.03 bits per heavy atom. The number of amidine groups is 1. The van der Waals surface area contributed by atoms with Crippen molar-refractivity contribution in [2.45, 2.75) is 0 Å². The third-order valence-electron chi connectivity index (χ3n) is 5.41. The molecule has 4 rings (SSSR count). The number of amides is 1. The first-order valence-corrected chi connectivity index (χ1v) is 11.7. The van der Waals surface area contributed by atoms with Crippen molar-refractivity contribution in [2.75, 3.05) is 46.4 Å². The number of methoxy groups -OCH3 is 2. The summed E-state index contributed by atoms with van der Waals surface area (Å²) in [6.45, 7) is 0.859. The lowest BCUT2D eigenvalue weighted by Crippen LogP contribution is -2.32. The van der Waals surface area contributed by atoms with Crippen LogP contribution >= 0.6 is 11.8 Å². The minimum absolute atomic E-state index is 0.0787. The van der Waals surface area contributed by atoms with Gasteiger partial charge in [0.15, 0.2) is 5.17 Å². The van der Waals surface area contributed by atoms with Gasteiger partial charge in [-0.15, -0.1) is 0 Å². The molecule has 0 atom stereocenters. The van der Waals surface area contributed by atoms with E-state index in [0.29, 0.717) is 23.2 Å². The molecule has 0 bridgehead atoms. The maximum absolute atomic E-state index is 13.3. The van der Waals surface area contributed by atoms with Crippen LogP contribution in [0.2, 0.25) is 0 Å². The molecule has 2 aromatic carbocycles. The molecule has 1 aliphatic heterocycles. The van der Waals surface area contributed by atoms with Gasteiger partial charge in [0.05, 0.1) is 30.9 Å². The number of hydrogen-bond donors (Lipinski definition) is 0. The topological polar surface area (TPSA) is 59.3 Å².